The summed E-state index contributed by atoms with van der Waals surface area (Å²) in [4.78, 5) is 13.1. The summed E-state index contributed by atoms with van der Waals surface area (Å²) in [5.41, 5.74) is 2.79. The minimum atomic E-state index is 0.495. The summed E-state index contributed by atoms with van der Waals surface area (Å²) in [7, 11) is 0. The van der Waals surface area contributed by atoms with Gasteiger partial charge in [-0.05, 0) is 53.8 Å². The molecular weight excluding hydrogens is 373 g/mol. The van der Waals surface area contributed by atoms with Crippen LogP contribution in [-0.2, 0) is 0 Å². The zero-order chi connectivity index (χ0) is 13.4. The summed E-state index contributed by atoms with van der Waals surface area (Å²) in [6.45, 7) is 1.93. The van der Waals surface area contributed by atoms with Crippen LogP contribution in [-0.4, -0.2) is 15.0 Å². The molecule has 3 rings (SSSR count). The van der Waals surface area contributed by atoms with Gasteiger partial charge >= 0.3 is 0 Å². The minimum Gasteiger partial charge on any atom is -0.256 e. The Bertz CT molecular complexity index is 750. The van der Waals surface area contributed by atoms with E-state index >= 15 is 0 Å². The SMILES string of the molecule is Cc1nc(-c2ccc3ncccc3c2)nc(Cl)c1I. The van der Waals surface area contributed by atoms with E-state index in [0.29, 0.717) is 11.0 Å². The fourth-order valence-corrected chi connectivity index (χ4v) is 2.33. The Kier molecular flexibility index (Phi) is 3.36. The van der Waals surface area contributed by atoms with Crippen LogP contribution in [0.3, 0.4) is 0 Å². The van der Waals surface area contributed by atoms with Crippen LogP contribution in [0.5, 0.6) is 0 Å². The summed E-state index contributed by atoms with van der Waals surface area (Å²) in [6, 6.07) is 9.90. The lowest BCUT2D eigenvalue weighted by atomic mass is 10.1. The van der Waals surface area contributed by atoms with Gasteiger partial charge in [0.05, 0.1) is 14.8 Å². The van der Waals surface area contributed by atoms with Crippen LogP contribution < -0.4 is 0 Å². The third-order valence-electron chi connectivity index (χ3n) is 2.84. The molecule has 0 amide bonds. The quantitative estimate of drug-likeness (QED) is 0.467. The number of benzene rings is 1. The van der Waals surface area contributed by atoms with Gasteiger partial charge < -0.3 is 0 Å². The molecule has 5 heteroatoms. The molecule has 3 nitrogen and oxygen atoms in total. The Morgan fingerprint density at radius 3 is 2.79 bits per heavy atom. The molecule has 0 saturated heterocycles. The van der Waals surface area contributed by atoms with Crippen LogP contribution in [0.1, 0.15) is 5.69 Å². The molecule has 0 aliphatic rings. The summed E-state index contributed by atoms with van der Waals surface area (Å²) in [6.07, 6.45) is 1.78. The molecule has 0 spiro atoms. The average molecular weight is 382 g/mol. The van der Waals surface area contributed by atoms with Crippen molar-refractivity contribution in [3.8, 4) is 11.4 Å². The number of fused-ring (bicyclic) bond motifs is 1. The smallest absolute Gasteiger partial charge is 0.161 e. The second-order valence-electron chi connectivity index (χ2n) is 4.15. The Morgan fingerprint density at radius 2 is 2.00 bits per heavy atom. The maximum Gasteiger partial charge on any atom is 0.161 e. The van der Waals surface area contributed by atoms with E-state index < -0.39 is 0 Å². The van der Waals surface area contributed by atoms with Gasteiger partial charge in [0.1, 0.15) is 5.15 Å². The van der Waals surface area contributed by atoms with E-state index in [1.807, 2.05) is 37.3 Å². The van der Waals surface area contributed by atoms with E-state index in [4.69, 9.17) is 11.6 Å². The monoisotopic (exact) mass is 381 g/mol. The number of pyridine rings is 1. The maximum atomic E-state index is 6.12. The van der Waals surface area contributed by atoms with Crippen molar-refractivity contribution in [3.63, 3.8) is 0 Å². The van der Waals surface area contributed by atoms with Gasteiger partial charge in [0.2, 0.25) is 0 Å². The molecule has 0 bridgehead atoms. The van der Waals surface area contributed by atoms with Crippen molar-refractivity contribution < 1.29 is 0 Å². The molecule has 0 fully saturated rings. The summed E-state index contributed by atoms with van der Waals surface area (Å²) < 4.78 is 0.894. The Morgan fingerprint density at radius 1 is 1.16 bits per heavy atom. The van der Waals surface area contributed by atoms with E-state index in [9.17, 15) is 0 Å². The molecule has 0 radical (unpaired) electrons. The largest absolute Gasteiger partial charge is 0.256 e. The first kappa shape index (κ1) is 12.7. The number of nitrogens with zero attached hydrogens (tertiary/aromatic N) is 3. The predicted molar refractivity (Wildman–Crippen MR) is 85.2 cm³/mol. The minimum absolute atomic E-state index is 0.495. The molecule has 0 atom stereocenters. The normalized spacial score (nSPS) is 10.9. The highest BCUT2D eigenvalue weighted by Gasteiger charge is 2.09. The molecule has 3 aromatic rings. The van der Waals surface area contributed by atoms with Gasteiger partial charge in [0.15, 0.2) is 5.82 Å². The molecule has 94 valence electrons. The fraction of sp³-hybridized carbons (Fsp3) is 0.0714. The zero-order valence-corrected chi connectivity index (χ0v) is 13.0. The molecule has 0 aliphatic heterocycles. The van der Waals surface area contributed by atoms with Gasteiger partial charge in [0, 0.05) is 17.1 Å². The lowest BCUT2D eigenvalue weighted by Gasteiger charge is -2.06. The first-order chi connectivity index (χ1) is 9.15. The van der Waals surface area contributed by atoms with Crippen molar-refractivity contribution in [1.82, 2.24) is 15.0 Å². The van der Waals surface area contributed by atoms with Crippen LogP contribution in [0.25, 0.3) is 22.3 Å². The van der Waals surface area contributed by atoms with Crippen molar-refractivity contribution in [2.75, 3.05) is 0 Å². The van der Waals surface area contributed by atoms with E-state index in [2.05, 4.69) is 37.5 Å². The molecule has 1 aromatic carbocycles. The van der Waals surface area contributed by atoms with Crippen LogP contribution in [0.15, 0.2) is 36.5 Å². The van der Waals surface area contributed by atoms with Gasteiger partial charge in [-0.1, -0.05) is 17.7 Å². The number of rotatable bonds is 1. The highest BCUT2D eigenvalue weighted by Crippen LogP contribution is 2.25. The topological polar surface area (TPSA) is 38.7 Å². The van der Waals surface area contributed by atoms with Crippen LogP contribution in [0.4, 0.5) is 0 Å². The summed E-state index contributed by atoms with van der Waals surface area (Å²) in [5.74, 6) is 0.647. The van der Waals surface area contributed by atoms with Gasteiger partial charge in [0.25, 0.3) is 0 Å². The highest BCUT2D eigenvalue weighted by molar-refractivity contribution is 14.1. The number of aryl methyl sites for hydroxylation is 1. The molecule has 2 aromatic heterocycles. The van der Waals surface area contributed by atoms with E-state index in [1.54, 1.807) is 6.20 Å². The first-order valence-electron chi connectivity index (χ1n) is 5.70. The zero-order valence-electron chi connectivity index (χ0n) is 10.1. The lowest BCUT2D eigenvalue weighted by Crippen LogP contribution is -1.96. The molecule has 0 N–H and O–H groups in total. The van der Waals surface area contributed by atoms with Gasteiger partial charge in [-0.15, -0.1) is 0 Å². The van der Waals surface area contributed by atoms with Crippen molar-refractivity contribution in [3.05, 3.63) is 50.9 Å². The van der Waals surface area contributed by atoms with Crippen molar-refractivity contribution >= 4 is 45.1 Å². The summed E-state index contributed by atoms with van der Waals surface area (Å²) >= 11 is 8.27. The van der Waals surface area contributed by atoms with Gasteiger partial charge in [-0.3, -0.25) is 4.98 Å². The second-order valence-corrected chi connectivity index (χ2v) is 5.59. The standard InChI is InChI=1S/C14H9ClIN3/c1-8-12(16)13(15)19-14(18-8)10-4-5-11-9(7-10)3-2-6-17-11/h2-7H,1H3. The van der Waals surface area contributed by atoms with Crippen molar-refractivity contribution in [2.24, 2.45) is 0 Å². The lowest BCUT2D eigenvalue weighted by molar-refractivity contribution is 1.09. The predicted octanol–water partition coefficient (Wildman–Crippen LogP) is 4.26. The number of hydrogen-bond donors (Lipinski definition) is 0. The Hall–Kier alpha value is -1.27. The third kappa shape index (κ3) is 2.42. The fourth-order valence-electron chi connectivity index (χ4n) is 1.87. The van der Waals surface area contributed by atoms with E-state index in [-0.39, 0.29) is 0 Å². The Balaban J connectivity index is 2.19. The average Bonchev–Trinajstić information content (AvgIpc) is 2.43. The summed E-state index contributed by atoms with van der Waals surface area (Å²) in [5, 5.41) is 1.56. The second kappa shape index (κ2) is 5.02. The molecule has 2 heterocycles. The van der Waals surface area contributed by atoms with Gasteiger partial charge in [-0.25, -0.2) is 9.97 Å². The van der Waals surface area contributed by atoms with Gasteiger partial charge in [-0.2, -0.15) is 0 Å². The molecule has 19 heavy (non-hydrogen) atoms. The van der Waals surface area contributed by atoms with Crippen LogP contribution in [0.2, 0.25) is 5.15 Å². The van der Waals surface area contributed by atoms with Crippen LogP contribution in [0, 0.1) is 10.5 Å². The molecular formula is C14H9ClIN3. The van der Waals surface area contributed by atoms with Crippen molar-refractivity contribution in [1.29, 1.82) is 0 Å². The third-order valence-corrected chi connectivity index (χ3v) is 4.72. The number of halogens is 2. The Labute approximate surface area is 129 Å². The molecule has 0 unspecified atom stereocenters. The number of hydrogen-bond acceptors (Lipinski definition) is 3. The molecule has 0 aliphatic carbocycles. The van der Waals surface area contributed by atoms with E-state index in [1.165, 1.54) is 0 Å². The number of aromatic nitrogens is 3. The van der Waals surface area contributed by atoms with Crippen molar-refractivity contribution in [2.45, 2.75) is 6.92 Å². The van der Waals surface area contributed by atoms with E-state index in [0.717, 1.165) is 25.7 Å². The van der Waals surface area contributed by atoms with Crippen LogP contribution >= 0.6 is 34.2 Å². The first-order valence-corrected chi connectivity index (χ1v) is 7.15. The maximum absolute atomic E-state index is 6.12. The highest BCUT2D eigenvalue weighted by atomic mass is 127. The molecule has 0 saturated carbocycles.